The Balaban J connectivity index is 0.00000121. The second kappa shape index (κ2) is 4.97. The molecule has 0 fully saturated rings. The molecule has 0 aliphatic heterocycles. The third-order valence-electron chi connectivity index (χ3n) is 2.06. The van der Waals surface area contributed by atoms with Crippen LogP contribution in [-0.4, -0.2) is 0 Å². The van der Waals surface area contributed by atoms with Crippen molar-refractivity contribution in [1.29, 1.82) is 0 Å². The maximum absolute atomic E-state index is 2.24. The summed E-state index contributed by atoms with van der Waals surface area (Å²) in [6.07, 6.45) is 1.15. The molecule has 0 spiro atoms. The monoisotopic (exact) mass is 164 g/mol. The van der Waals surface area contributed by atoms with Crippen LogP contribution >= 0.6 is 0 Å². The average Bonchev–Trinajstić information content (AvgIpc) is 2.04. The molecule has 0 nitrogen and oxygen atoms in total. The largest absolute Gasteiger partial charge is 0.0776 e. The smallest absolute Gasteiger partial charge is 0.0216 e. The summed E-state index contributed by atoms with van der Waals surface area (Å²) in [6, 6.07) is 8.68. The van der Waals surface area contributed by atoms with Gasteiger partial charge in [-0.2, -0.15) is 0 Å². The summed E-state index contributed by atoms with van der Waals surface area (Å²) in [4.78, 5) is 0. The van der Waals surface area contributed by atoms with Gasteiger partial charge in [0, 0.05) is 0 Å². The van der Waals surface area contributed by atoms with E-state index in [-0.39, 0.29) is 7.43 Å². The van der Waals surface area contributed by atoms with Crippen molar-refractivity contribution >= 4 is 0 Å². The van der Waals surface area contributed by atoms with E-state index < -0.39 is 0 Å². The van der Waals surface area contributed by atoms with Gasteiger partial charge in [-0.25, -0.2) is 0 Å². The average molecular weight is 164 g/mol. The number of aryl methyl sites for hydroxylation is 1. The standard InChI is InChI=1S/C11H16.CH4/c1-4-10-7-5-6-8-11(10)9(2)3;/h5-9H,4H2,1-3H3;1H4. The number of hydrogen-bond acceptors (Lipinski definition) is 0. The van der Waals surface area contributed by atoms with Crippen LogP contribution in [0.4, 0.5) is 0 Å². The minimum Gasteiger partial charge on any atom is -0.0776 e. The Kier molecular flexibility index (Phi) is 4.65. The van der Waals surface area contributed by atoms with E-state index in [9.17, 15) is 0 Å². The summed E-state index contributed by atoms with van der Waals surface area (Å²) < 4.78 is 0. The highest BCUT2D eigenvalue weighted by molar-refractivity contribution is 5.29. The van der Waals surface area contributed by atoms with Crippen LogP contribution in [0.15, 0.2) is 24.3 Å². The Morgan fingerprint density at radius 2 is 1.75 bits per heavy atom. The fourth-order valence-corrected chi connectivity index (χ4v) is 1.42. The zero-order valence-corrected chi connectivity index (χ0v) is 7.59. The van der Waals surface area contributed by atoms with Gasteiger partial charge in [0.1, 0.15) is 0 Å². The van der Waals surface area contributed by atoms with E-state index in [2.05, 4.69) is 45.0 Å². The lowest BCUT2D eigenvalue weighted by atomic mass is 9.96. The van der Waals surface area contributed by atoms with Crippen LogP contribution in [0.1, 0.15) is 45.2 Å². The lowest BCUT2D eigenvalue weighted by Crippen LogP contribution is -1.93. The molecule has 0 heteroatoms. The molecule has 0 bridgehead atoms. The van der Waals surface area contributed by atoms with Crippen molar-refractivity contribution in [3.8, 4) is 0 Å². The molecule has 0 saturated carbocycles. The first-order valence-corrected chi connectivity index (χ1v) is 4.33. The van der Waals surface area contributed by atoms with Crippen molar-refractivity contribution in [3.63, 3.8) is 0 Å². The molecule has 0 atom stereocenters. The number of hydrogen-bond donors (Lipinski definition) is 0. The molecule has 0 aliphatic carbocycles. The lowest BCUT2D eigenvalue weighted by Gasteiger charge is -2.09. The van der Waals surface area contributed by atoms with Crippen molar-refractivity contribution in [2.75, 3.05) is 0 Å². The van der Waals surface area contributed by atoms with E-state index in [1.54, 1.807) is 0 Å². The molecular weight excluding hydrogens is 144 g/mol. The Hall–Kier alpha value is -0.780. The molecule has 0 saturated heterocycles. The molecule has 0 N–H and O–H groups in total. The van der Waals surface area contributed by atoms with Crippen molar-refractivity contribution in [2.45, 2.75) is 40.5 Å². The molecule has 1 aromatic rings. The Labute approximate surface area is 76.6 Å². The fourth-order valence-electron chi connectivity index (χ4n) is 1.42. The van der Waals surface area contributed by atoms with E-state index >= 15 is 0 Å². The van der Waals surface area contributed by atoms with Crippen LogP contribution in [0.2, 0.25) is 0 Å². The summed E-state index contributed by atoms with van der Waals surface area (Å²) in [5.41, 5.74) is 2.98. The molecule has 0 aromatic heterocycles. The molecular formula is C12H20. The molecule has 0 unspecified atom stereocenters. The highest BCUT2D eigenvalue weighted by atomic mass is 14.1. The molecule has 1 rings (SSSR count). The summed E-state index contributed by atoms with van der Waals surface area (Å²) >= 11 is 0. The van der Waals surface area contributed by atoms with Gasteiger partial charge in [-0.05, 0) is 23.5 Å². The van der Waals surface area contributed by atoms with Crippen LogP contribution < -0.4 is 0 Å². The third kappa shape index (κ3) is 2.37. The first kappa shape index (κ1) is 11.2. The molecule has 68 valence electrons. The summed E-state index contributed by atoms with van der Waals surface area (Å²) in [5, 5.41) is 0. The quantitative estimate of drug-likeness (QED) is 0.619. The molecule has 0 heterocycles. The van der Waals surface area contributed by atoms with Crippen LogP contribution in [0.25, 0.3) is 0 Å². The third-order valence-corrected chi connectivity index (χ3v) is 2.06. The lowest BCUT2D eigenvalue weighted by molar-refractivity contribution is 0.844. The highest BCUT2D eigenvalue weighted by Crippen LogP contribution is 2.18. The van der Waals surface area contributed by atoms with Crippen LogP contribution in [-0.2, 0) is 6.42 Å². The minimum atomic E-state index is 0. The minimum absolute atomic E-state index is 0. The van der Waals surface area contributed by atoms with Gasteiger partial charge in [-0.3, -0.25) is 0 Å². The van der Waals surface area contributed by atoms with E-state index in [1.807, 2.05) is 0 Å². The number of rotatable bonds is 2. The molecule has 0 aliphatic rings. The van der Waals surface area contributed by atoms with E-state index in [0.717, 1.165) is 6.42 Å². The Morgan fingerprint density at radius 3 is 2.17 bits per heavy atom. The SMILES string of the molecule is C.CCc1ccccc1C(C)C. The van der Waals surface area contributed by atoms with E-state index in [4.69, 9.17) is 0 Å². The topological polar surface area (TPSA) is 0 Å². The van der Waals surface area contributed by atoms with Gasteiger partial charge in [0.05, 0.1) is 0 Å². The Bertz CT molecular complexity index is 223. The first-order chi connectivity index (χ1) is 5.25. The van der Waals surface area contributed by atoms with Gasteiger partial charge in [0.25, 0.3) is 0 Å². The molecule has 0 radical (unpaired) electrons. The zero-order valence-electron chi connectivity index (χ0n) is 7.59. The van der Waals surface area contributed by atoms with E-state index in [1.165, 1.54) is 11.1 Å². The molecule has 0 amide bonds. The Morgan fingerprint density at radius 1 is 1.17 bits per heavy atom. The van der Waals surface area contributed by atoms with Gasteiger partial charge >= 0.3 is 0 Å². The maximum Gasteiger partial charge on any atom is -0.0216 e. The zero-order chi connectivity index (χ0) is 8.27. The van der Waals surface area contributed by atoms with Crippen molar-refractivity contribution in [3.05, 3.63) is 35.4 Å². The van der Waals surface area contributed by atoms with Crippen molar-refractivity contribution < 1.29 is 0 Å². The second-order valence-corrected chi connectivity index (χ2v) is 3.21. The normalized spacial score (nSPS) is 9.67. The summed E-state index contributed by atoms with van der Waals surface area (Å²) in [6.45, 7) is 6.70. The fraction of sp³-hybridized carbons (Fsp3) is 0.500. The number of benzene rings is 1. The first-order valence-electron chi connectivity index (χ1n) is 4.33. The van der Waals surface area contributed by atoms with Gasteiger partial charge in [-0.1, -0.05) is 52.5 Å². The molecule has 12 heavy (non-hydrogen) atoms. The predicted octanol–water partition coefficient (Wildman–Crippen LogP) is 4.01. The maximum atomic E-state index is 2.24. The second-order valence-electron chi connectivity index (χ2n) is 3.21. The van der Waals surface area contributed by atoms with E-state index in [0.29, 0.717) is 5.92 Å². The van der Waals surface area contributed by atoms with Gasteiger partial charge < -0.3 is 0 Å². The summed E-state index contributed by atoms with van der Waals surface area (Å²) in [5.74, 6) is 0.658. The summed E-state index contributed by atoms with van der Waals surface area (Å²) in [7, 11) is 0. The van der Waals surface area contributed by atoms with Gasteiger partial charge in [0.2, 0.25) is 0 Å². The van der Waals surface area contributed by atoms with Gasteiger partial charge in [0.15, 0.2) is 0 Å². The molecule has 1 aromatic carbocycles. The van der Waals surface area contributed by atoms with Crippen LogP contribution in [0, 0.1) is 0 Å². The predicted molar refractivity (Wildman–Crippen MR) is 56.6 cm³/mol. The van der Waals surface area contributed by atoms with Gasteiger partial charge in [-0.15, -0.1) is 0 Å². The highest BCUT2D eigenvalue weighted by Gasteiger charge is 2.02. The van der Waals surface area contributed by atoms with Crippen LogP contribution in [0.3, 0.4) is 0 Å². The van der Waals surface area contributed by atoms with Crippen LogP contribution in [0.5, 0.6) is 0 Å². The van der Waals surface area contributed by atoms with Crippen molar-refractivity contribution in [2.24, 2.45) is 0 Å². The van der Waals surface area contributed by atoms with Crippen molar-refractivity contribution in [1.82, 2.24) is 0 Å².